The van der Waals surface area contributed by atoms with Gasteiger partial charge in [0.2, 0.25) is 0 Å². The quantitative estimate of drug-likeness (QED) is 0.597. The van der Waals surface area contributed by atoms with E-state index in [2.05, 4.69) is 5.32 Å². The Morgan fingerprint density at radius 2 is 1.92 bits per heavy atom. The van der Waals surface area contributed by atoms with Gasteiger partial charge in [-0.15, -0.1) is 0 Å². The average molecular weight is 189 g/mol. The Hall–Kier alpha value is -0.0900. The zero-order valence-corrected chi connectivity index (χ0v) is 7.94. The first kappa shape index (κ1) is 8.51. The van der Waals surface area contributed by atoms with Crippen LogP contribution in [-0.2, 0) is 9.84 Å². The lowest BCUT2D eigenvalue weighted by molar-refractivity contribution is 0.363. The highest BCUT2D eigenvalue weighted by Gasteiger charge is 2.37. The smallest absolute Gasteiger partial charge is 0.155 e. The molecule has 0 radical (unpaired) electrons. The lowest BCUT2D eigenvalue weighted by Gasteiger charge is -2.35. The van der Waals surface area contributed by atoms with Crippen molar-refractivity contribution in [1.82, 2.24) is 5.32 Å². The Morgan fingerprint density at radius 3 is 2.67 bits per heavy atom. The van der Waals surface area contributed by atoms with Crippen molar-refractivity contribution in [3.63, 3.8) is 0 Å². The lowest BCUT2D eigenvalue weighted by atomic mass is 9.95. The maximum Gasteiger partial charge on any atom is 0.155 e. The second-order valence-corrected chi connectivity index (χ2v) is 6.09. The second kappa shape index (κ2) is 3.00. The van der Waals surface area contributed by atoms with E-state index in [0.29, 0.717) is 12.3 Å². The van der Waals surface area contributed by atoms with E-state index in [0.717, 1.165) is 19.3 Å². The van der Waals surface area contributed by atoms with Crippen molar-refractivity contribution in [3.8, 4) is 0 Å². The normalized spacial score (nSPS) is 40.3. The van der Waals surface area contributed by atoms with Crippen LogP contribution in [-0.4, -0.2) is 32.0 Å². The summed E-state index contributed by atoms with van der Waals surface area (Å²) >= 11 is 0. The molecule has 12 heavy (non-hydrogen) atoms. The third-order valence-corrected chi connectivity index (χ3v) is 5.22. The first-order chi connectivity index (χ1) is 5.70. The van der Waals surface area contributed by atoms with Crippen molar-refractivity contribution in [2.75, 3.05) is 12.3 Å². The number of nitrogens with one attached hydrogen (secondary N) is 1. The molecular formula is C8H15NO2S. The molecule has 0 aromatic heterocycles. The molecular weight excluding hydrogens is 174 g/mol. The number of hydrogen-bond donors (Lipinski definition) is 1. The topological polar surface area (TPSA) is 46.2 Å². The summed E-state index contributed by atoms with van der Waals surface area (Å²) in [4.78, 5) is 0. The molecule has 2 rings (SSSR count). The van der Waals surface area contributed by atoms with Gasteiger partial charge < -0.3 is 5.32 Å². The minimum absolute atomic E-state index is 0.0694. The van der Waals surface area contributed by atoms with Gasteiger partial charge in [-0.3, -0.25) is 0 Å². The van der Waals surface area contributed by atoms with Crippen LogP contribution in [0.25, 0.3) is 0 Å². The maximum atomic E-state index is 11.6. The van der Waals surface area contributed by atoms with Crippen molar-refractivity contribution in [2.24, 2.45) is 0 Å². The van der Waals surface area contributed by atoms with Crippen molar-refractivity contribution in [1.29, 1.82) is 0 Å². The van der Waals surface area contributed by atoms with Crippen LogP contribution >= 0.6 is 0 Å². The molecule has 2 aliphatic rings. The number of hydrogen-bond acceptors (Lipinski definition) is 3. The summed E-state index contributed by atoms with van der Waals surface area (Å²) in [5, 5.41) is 3.23. The van der Waals surface area contributed by atoms with E-state index < -0.39 is 9.84 Å². The van der Waals surface area contributed by atoms with Crippen LogP contribution in [0.1, 0.15) is 25.7 Å². The predicted octanol–water partition coefficient (Wildman–Crippen LogP) is 0.316. The standard InChI is InChI=1S/C8H15NO2S/c10-12(11)6-5-9-7-3-1-2-4-8(7)12/h7-9H,1-6H2/t7-,8-/m1/s1. The number of rotatable bonds is 0. The van der Waals surface area contributed by atoms with Crippen LogP contribution < -0.4 is 5.32 Å². The molecule has 0 spiro atoms. The van der Waals surface area contributed by atoms with Crippen LogP contribution in [0.4, 0.5) is 0 Å². The molecule has 2 atom stereocenters. The summed E-state index contributed by atoms with van der Waals surface area (Å²) in [5.74, 6) is 0.341. The summed E-state index contributed by atoms with van der Waals surface area (Å²) in [6, 6.07) is 0.262. The van der Waals surface area contributed by atoms with Gasteiger partial charge >= 0.3 is 0 Å². The van der Waals surface area contributed by atoms with Crippen molar-refractivity contribution >= 4 is 9.84 Å². The summed E-state index contributed by atoms with van der Waals surface area (Å²) in [7, 11) is -2.75. The average Bonchev–Trinajstić information content (AvgIpc) is 2.04. The zero-order valence-electron chi connectivity index (χ0n) is 7.12. The molecule has 1 aliphatic carbocycles. The Morgan fingerprint density at radius 1 is 1.17 bits per heavy atom. The molecule has 0 aromatic rings. The van der Waals surface area contributed by atoms with E-state index in [-0.39, 0.29) is 11.3 Å². The van der Waals surface area contributed by atoms with Crippen LogP contribution in [0, 0.1) is 0 Å². The van der Waals surface area contributed by atoms with Crippen LogP contribution in [0.15, 0.2) is 0 Å². The van der Waals surface area contributed by atoms with Gasteiger partial charge in [-0.1, -0.05) is 12.8 Å². The monoisotopic (exact) mass is 189 g/mol. The molecule has 3 nitrogen and oxygen atoms in total. The van der Waals surface area contributed by atoms with Gasteiger partial charge in [0.25, 0.3) is 0 Å². The van der Waals surface area contributed by atoms with Gasteiger partial charge in [-0.2, -0.15) is 0 Å². The van der Waals surface area contributed by atoms with Crippen molar-refractivity contribution in [2.45, 2.75) is 37.0 Å². The highest BCUT2D eigenvalue weighted by molar-refractivity contribution is 7.92. The molecule has 1 aliphatic heterocycles. The Bertz CT molecular complexity index is 258. The van der Waals surface area contributed by atoms with Crippen molar-refractivity contribution in [3.05, 3.63) is 0 Å². The van der Waals surface area contributed by atoms with E-state index >= 15 is 0 Å². The van der Waals surface area contributed by atoms with Crippen LogP contribution in [0.5, 0.6) is 0 Å². The third-order valence-electron chi connectivity index (χ3n) is 2.96. The molecule has 4 heteroatoms. The van der Waals surface area contributed by atoms with Gasteiger partial charge in [0.05, 0.1) is 11.0 Å². The molecule has 70 valence electrons. The van der Waals surface area contributed by atoms with E-state index in [1.54, 1.807) is 0 Å². The Labute approximate surface area is 73.5 Å². The fraction of sp³-hybridized carbons (Fsp3) is 1.00. The Balaban J connectivity index is 2.20. The second-order valence-electron chi connectivity index (χ2n) is 3.75. The van der Waals surface area contributed by atoms with E-state index in [1.165, 1.54) is 6.42 Å². The van der Waals surface area contributed by atoms with Gasteiger partial charge in [-0.25, -0.2) is 8.42 Å². The summed E-state index contributed by atoms with van der Waals surface area (Å²) in [6.45, 7) is 0.656. The highest BCUT2D eigenvalue weighted by atomic mass is 32.2. The fourth-order valence-corrected chi connectivity index (χ4v) is 4.26. The molecule has 2 fully saturated rings. The van der Waals surface area contributed by atoms with E-state index in [9.17, 15) is 8.42 Å². The summed E-state index contributed by atoms with van der Waals surface area (Å²) in [6.07, 6.45) is 4.19. The van der Waals surface area contributed by atoms with Crippen molar-refractivity contribution < 1.29 is 8.42 Å². The Kier molecular flexibility index (Phi) is 2.12. The molecule has 1 N–H and O–H groups in total. The minimum Gasteiger partial charge on any atom is -0.312 e. The largest absolute Gasteiger partial charge is 0.312 e. The predicted molar refractivity (Wildman–Crippen MR) is 47.8 cm³/mol. The first-order valence-corrected chi connectivity index (χ1v) is 6.37. The van der Waals surface area contributed by atoms with Gasteiger partial charge in [0.1, 0.15) is 0 Å². The molecule has 0 aromatic carbocycles. The SMILES string of the molecule is O=S1(=O)CCN[C@@H]2CCCC[C@H]21. The molecule has 1 heterocycles. The minimum atomic E-state index is -2.75. The number of fused-ring (bicyclic) bond motifs is 1. The molecule has 0 bridgehead atoms. The maximum absolute atomic E-state index is 11.6. The molecule has 0 amide bonds. The van der Waals surface area contributed by atoms with E-state index in [1.807, 2.05) is 0 Å². The molecule has 1 saturated carbocycles. The lowest BCUT2D eigenvalue weighted by Crippen LogP contribution is -2.53. The van der Waals surface area contributed by atoms with Crippen LogP contribution in [0.3, 0.4) is 0 Å². The summed E-state index contributed by atoms with van der Waals surface area (Å²) < 4.78 is 23.2. The first-order valence-electron chi connectivity index (χ1n) is 4.65. The van der Waals surface area contributed by atoms with Gasteiger partial charge in [-0.05, 0) is 12.8 Å². The molecule has 0 unspecified atom stereocenters. The van der Waals surface area contributed by atoms with Crippen LogP contribution in [0.2, 0.25) is 0 Å². The highest BCUT2D eigenvalue weighted by Crippen LogP contribution is 2.26. The zero-order chi connectivity index (χ0) is 8.60. The van der Waals surface area contributed by atoms with E-state index in [4.69, 9.17) is 0 Å². The number of sulfone groups is 1. The third kappa shape index (κ3) is 1.38. The van der Waals surface area contributed by atoms with Gasteiger partial charge in [0.15, 0.2) is 9.84 Å². The summed E-state index contributed by atoms with van der Waals surface area (Å²) in [5.41, 5.74) is 0. The fourth-order valence-electron chi connectivity index (χ4n) is 2.30. The van der Waals surface area contributed by atoms with Gasteiger partial charge in [0, 0.05) is 12.6 Å². The molecule has 1 saturated heterocycles.